The molecule has 1 unspecified atom stereocenters. The first-order chi connectivity index (χ1) is 19.6. The van der Waals surface area contributed by atoms with Crippen molar-refractivity contribution in [2.24, 2.45) is 4.99 Å². The molecule has 0 aliphatic carbocycles. The lowest BCUT2D eigenvalue weighted by molar-refractivity contribution is -0.119. The van der Waals surface area contributed by atoms with E-state index >= 15 is 0 Å². The SMILES string of the molecule is C=C/C=C\C(=C/C)CC(C(=O)Nc1ccc(N)c(C=NC)c1)n1cc(OC)c(-c2cc(Cl)ccc2C(C)=O)cc1=O. The second-order valence-corrected chi connectivity index (χ2v) is 9.58. The van der Waals surface area contributed by atoms with Crippen molar-refractivity contribution in [1.82, 2.24) is 4.57 Å². The van der Waals surface area contributed by atoms with E-state index in [-0.39, 0.29) is 12.2 Å². The van der Waals surface area contributed by atoms with Crippen LogP contribution in [0.25, 0.3) is 11.1 Å². The minimum absolute atomic E-state index is 0.192. The minimum Gasteiger partial charge on any atom is -0.495 e. The van der Waals surface area contributed by atoms with Crippen LogP contribution in [0, 0.1) is 0 Å². The highest BCUT2D eigenvalue weighted by atomic mass is 35.5. The van der Waals surface area contributed by atoms with E-state index in [2.05, 4.69) is 16.9 Å². The molecule has 1 atom stereocenters. The van der Waals surface area contributed by atoms with Crippen LogP contribution in [-0.4, -0.2) is 36.6 Å². The number of halogens is 1. The van der Waals surface area contributed by atoms with E-state index in [0.717, 1.165) is 5.57 Å². The van der Waals surface area contributed by atoms with Crippen molar-refractivity contribution >= 4 is 40.9 Å². The third-order valence-electron chi connectivity index (χ3n) is 6.42. The Kier molecular flexibility index (Phi) is 10.6. The van der Waals surface area contributed by atoms with Crippen molar-refractivity contribution in [1.29, 1.82) is 0 Å². The lowest BCUT2D eigenvalue weighted by atomic mass is 9.97. The van der Waals surface area contributed by atoms with Crippen LogP contribution in [0.5, 0.6) is 5.75 Å². The maximum absolute atomic E-state index is 13.8. The Morgan fingerprint density at radius 1 is 1.20 bits per heavy atom. The Labute approximate surface area is 244 Å². The number of benzene rings is 2. The van der Waals surface area contributed by atoms with Crippen LogP contribution in [0.15, 0.2) is 94.9 Å². The van der Waals surface area contributed by atoms with Crippen molar-refractivity contribution in [2.45, 2.75) is 26.3 Å². The number of carbonyl (C=O) groups is 2. The molecule has 0 aliphatic heterocycles. The number of aromatic nitrogens is 1. The van der Waals surface area contributed by atoms with Crippen LogP contribution >= 0.6 is 11.6 Å². The molecule has 1 aromatic heterocycles. The lowest BCUT2D eigenvalue weighted by Gasteiger charge is -2.22. The molecule has 0 aliphatic rings. The number of pyridine rings is 1. The minimum atomic E-state index is -0.960. The lowest BCUT2D eigenvalue weighted by Crippen LogP contribution is -2.33. The van der Waals surface area contributed by atoms with E-state index in [1.807, 2.05) is 19.1 Å². The summed E-state index contributed by atoms with van der Waals surface area (Å²) in [6.07, 6.45) is 10.4. The highest BCUT2D eigenvalue weighted by Gasteiger charge is 2.25. The van der Waals surface area contributed by atoms with Crippen LogP contribution in [0.2, 0.25) is 5.02 Å². The predicted molar refractivity (Wildman–Crippen MR) is 167 cm³/mol. The number of nitrogen functional groups attached to an aromatic ring is 1. The van der Waals surface area contributed by atoms with Gasteiger partial charge in [-0.3, -0.25) is 23.9 Å². The summed E-state index contributed by atoms with van der Waals surface area (Å²) in [5, 5.41) is 3.30. The van der Waals surface area contributed by atoms with Gasteiger partial charge in [0.05, 0.1) is 13.3 Å². The molecule has 8 nitrogen and oxygen atoms in total. The summed E-state index contributed by atoms with van der Waals surface area (Å²) in [6, 6.07) is 10.3. The molecule has 2 aromatic carbocycles. The Morgan fingerprint density at radius 2 is 1.95 bits per heavy atom. The summed E-state index contributed by atoms with van der Waals surface area (Å²) < 4.78 is 6.98. The molecule has 1 amide bonds. The zero-order chi connectivity index (χ0) is 30.1. The molecule has 212 valence electrons. The van der Waals surface area contributed by atoms with E-state index in [1.54, 1.807) is 61.8 Å². The fourth-order valence-corrected chi connectivity index (χ4v) is 4.51. The van der Waals surface area contributed by atoms with E-state index in [0.29, 0.717) is 44.4 Å². The van der Waals surface area contributed by atoms with Gasteiger partial charge < -0.3 is 15.8 Å². The van der Waals surface area contributed by atoms with E-state index < -0.39 is 17.5 Å². The molecule has 0 spiro atoms. The number of hydrogen-bond donors (Lipinski definition) is 2. The van der Waals surface area contributed by atoms with Crippen LogP contribution in [0.3, 0.4) is 0 Å². The molecule has 3 N–H and O–H groups in total. The summed E-state index contributed by atoms with van der Waals surface area (Å²) in [7, 11) is 3.08. The van der Waals surface area contributed by atoms with Gasteiger partial charge in [0.15, 0.2) is 5.78 Å². The highest BCUT2D eigenvalue weighted by Crippen LogP contribution is 2.34. The first kappa shape index (κ1) is 30.8. The van der Waals surface area contributed by atoms with E-state index in [9.17, 15) is 14.4 Å². The van der Waals surface area contributed by atoms with Crippen molar-refractivity contribution in [3.05, 3.63) is 112 Å². The number of rotatable bonds is 11. The number of nitrogens with one attached hydrogen (secondary N) is 1. The average molecular weight is 573 g/mol. The summed E-state index contributed by atoms with van der Waals surface area (Å²) in [6.45, 7) is 6.99. The second kappa shape index (κ2) is 14.1. The maximum Gasteiger partial charge on any atom is 0.252 e. The fourth-order valence-electron chi connectivity index (χ4n) is 4.33. The van der Waals surface area contributed by atoms with Crippen molar-refractivity contribution in [2.75, 3.05) is 25.2 Å². The smallest absolute Gasteiger partial charge is 0.252 e. The van der Waals surface area contributed by atoms with Crippen LogP contribution in [-0.2, 0) is 4.79 Å². The van der Waals surface area contributed by atoms with Gasteiger partial charge >= 0.3 is 0 Å². The largest absolute Gasteiger partial charge is 0.495 e. The summed E-state index contributed by atoms with van der Waals surface area (Å²) in [5.74, 6) is -0.322. The van der Waals surface area contributed by atoms with Crippen molar-refractivity contribution < 1.29 is 14.3 Å². The van der Waals surface area contributed by atoms with Gasteiger partial charge in [0.2, 0.25) is 5.91 Å². The molecule has 9 heteroatoms. The third-order valence-corrected chi connectivity index (χ3v) is 6.66. The average Bonchev–Trinajstić information content (AvgIpc) is 2.95. The molecule has 1 heterocycles. The summed E-state index contributed by atoms with van der Waals surface area (Å²) >= 11 is 6.24. The second-order valence-electron chi connectivity index (χ2n) is 9.15. The highest BCUT2D eigenvalue weighted by molar-refractivity contribution is 6.31. The van der Waals surface area contributed by atoms with Crippen molar-refractivity contribution in [3.8, 4) is 16.9 Å². The molecule has 0 fully saturated rings. The standard InChI is InChI=1S/C32H33ClN4O4/c1-6-8-9-21(7-2)14-29(32(40)36-24-11-13-28(34)22(15-24)18-35-4)37-19-30(41-5)27(17-31(37)39)26-16-23(33)10-12-25(26)20(3)38/h6-13,15-19,29H,1,14,34H2,2-5H3,(H,36,40)/b9-8-,21-7+,35-18?. The quantitative estimate of drug-likeness (QED) is 0.122. The normalized spacial score (nSPS) is 12.5. The number of aliphatic imine (C=N–C) groups is 1. The Morgan fingerprint density at radius 3 is 2.59 bits per heavy atom. The number of Topliss-reactive ketones (excluding diaryl/α,β-unsaturated/α-hetero) is 1. The number of anilines is 2. The summed E-state index contributed by atoms with van der Waals surface area (Å²) in [5.41, 5.74) is 9.27. The van der Waals surface area contributed by atoms with Gasteiger partial charge in [-0.2, -0.15) is 0 Å². The number of nitrogens with two attached hydrogens (primary N) is 1. The van der Waals surface area contributed by atoms with Gasteiger partial charge in [-0.05, 0) is 61.4 Å². The molecular weight excluding hydrogens is 540 g/mol. The van der Waals surface area contributed by atoms with Gasteiger partial charge in [0.1, 0.15) is 11.8 Å². The molecule has 3 aromatic rings. The van der Waals surface area contributed by atoms with Crippen LogP contribution in [0.4, 0.5) is 11.4 Å². The molecule has 3 rings (SSSR count). The number of ketones is 1. The zero-order valence-corrected chi connectivity index (χ0v) is 24.2. The van der Waals surface area contributed by atoms with Crippen LogP contribution in [0.1, 0.15) is 42.2 Å². The molecule has 0 saturated carbocycles. The Hall–Kier alpha value is -4.69. The number of nitrogens with zero attached hydrogens (tertiary/aromatic N) is 2. The molecule has 0 bridgehead atoms. The third kappa shape index (κ3) is 7.49. The van der Waals surface area contributed by atoms with Gasteiger partial charge in [-0.1, -0.05) is 42.5 Å². The van der Waals surface area contributed by atoms with Crippen molar-refractivity contribution in [3.63, 3.8) is 0 Å². The van der Waals surface area contributed by atoms with Gasteiger partial charge in [0, 0.05) is 58.8 Å². The first-order valence-electron chi connectivity index (χ1n) is 12.8. The maximum atomic E-state index is 13.8. The number of carbonyl (C=O) groups excluding carboxylic acids is 2. The van der Waals surface area contributed by atoms with E-state index in [1.165, 1.54) is 30.9 Å². The Balaban J connectivity index is 2.16. The number of ether oxygens (including phenoxy) is 1. The van der Waals surface area contributed by atoms with Crippen LogP contribution < -0.4 is 21.3 Å². The van der Waals surface area contributed by atoms with Gasteiger partial charge in [-0.15, -0.1) is 0 Å². The number of methoxy groups -OCH3 is 1. The number of hydrogen-bond acceptors (Lipinski definition) is 6. The molecule has 41 heavy (non-hydrogen) atoms. The fraction of sp³-hybridized carbons (Fsp3) is 0.188. The predicted octanol–water partition coefficient (Wildman–Crippen LogP) is 6.27. The topological polar surface area (TPSA) is 116 Å². The summed E-state index contributed by atoms with van der Waals surface area (Å²) in [4.78, 5) is 43.8. The van der Waals surface area contributed by atoms with Gasteiger partial charge in [0.25, 0.3) is 5.56 Å². The number of allylic oxidation sites excluding steroid dienone is 5. The van der Waals surface area contributed by atoms with E-state index in [4.69, 9.17) is 22.1 Å². The zero-order valence-electron chi connectivity index (χ0n) is 23.5. The van der Waals surface area contributed by atoms with Gasteiger partial charge in [-0.25, -0.2) is 0 Å². The Bertz CT molecular complexity index is 1620. The molecular formula is C32H33ClN4O4. The molecule has 0 saturated heterocycles. The molecule has 0 radical (unpaired) electrons. The monoisotopic (exact) mass is 572 g/mol. The first-order valence-corrected chi connectivity index (χ1v) is 13.2. The number of amides is 1.